The first-order chi connectivity index (χ1) is 21.6. The van der Waals surface area contributed by atoms with Gasteiger partial charge in [-0.3, -0.25) is 19.3 Å². The van der Waals surface area contributed by atoms with Crippen LogP contribution in [0.2, 0.25) is 0 Å². The first kappa shape index (κ1) is 28.9. The lowest BCUT2D eigenvalue weighted by Gasteiger charge is -2.53. The quantitative estimate of drug-likeness (QED) is 0.217. The van der Waals surface area contributed by atoms with Crippen LogP contribution in [-0.2, 0) is 9.47 Å². The zero-order valence-electron chi connectivity index (χ0n) is 24.0. The molecular formula is C31H25F3N4O6S. The van der Waals surface area contributed by atoms with Crippen molar-refractivity contribution >= 4 is 23.4 Å². The maximum atomic E-state index is 15.9. The van der Waals surface area contributed by atoms with Crippen molar-refractivity contribution < 1.29 is 37.0 Å². The number of alkyl halides is 1. The Balaban J connectivity index is 1.51. The van der Waals surface area contributed by atoms with Crippen molar-refractivity contribution in [2.24, 2.45) is 0 Å². The summed E-state index contributed by atoms with van der Waals surface area (Å²) >= 11 is 1.27. The molecule has 2 aromatic carbocycles. The molecule has 0 bridgehead atoms. The van der Waals surface area contributed by atoms with E-state index in [1.54, 1.807) is 16.6 Å². The molecule has 1 fully saturated rings. The molecule has 7 rings (SSSR count). The van der Waals surface area contributed by atoms with Crippen LogP contribution in [0.4, 0.5) is 18.0 Å². The number of fused-ring (bicyclic) bond motifs is 7. The van der Waals surface area contributed by atoms with Gasteiger partial charge in [0.15, 0.2) is 17.3 Å². The summed E-state index contributed by atoms with van der Waals surface area (Å²) in [6.45, 7) is 0.726. The van der Waals surface area contributed by atoms with Crippen LogP contribution < -0.4 is 15.2 Å². The Hall–Kier alpha value is -4.85. The van der Waals surface area contributed by atoms with E-state index in [1.165, 1.54) is 40.1 Å². The Morgan fingerprint density at radius 3 is 2.73 bits per heavy atom. The number of carbonyl (C=O) groups is 2. The molecule has 2 aromatic heterocycles. The van der Waals surface area contributed by atoms with Crippen molar-refractivity contribution in [1.29, 1.82) is 0 Å². The molecule has 0 radical (unpaired) electrons. The van der Waals surface area contributed by atoms with Gasteiger partial charge in [0.25, 0.3) is 5.91 Å². The number of rotatable bonds is 4. The molecule has 1 amide bonds. The number of piperidine rings is 1. The van der Waals surface area contributed by atoms with E-state index in [-0.39, 0.29) is 36.3 Å². The number of thiazole rings is 1. The number of benzene rings is 2. The molecule has 45 heavy (non-hydrogen) atoms. The Kier molecular flexibility index (Phi) is 6.84. The van der Waals surface area contributed by atoms with E-state index in [0.717, 1.165) is 19.2 Å². The van der Waals surface area contributed by atoms with E-state index in [2.05, 4.69) is 9.72 Å². The van der Waals surface area contributed by atoms with Crippen molar-refractivity contribution in [1.82, 2.24) is 14.6 Å². The summed E-state index contributed by atoms with van der Waals surface area (Å²) in [7, 11) is 1.10. The monoisotopic (exact) mass is 638 g/mol. The highest BCUT2D eigenvalue weighted by Crippen LogP contribution is 2.51. The van der Waals surface area contributed by atoms with Gasteiger partial charge in [0.05, 0.1) is 29.2 Å². The van der Waals surface area contributed by atoms with Gasteiger partial charge < -0.3 is 19.1 Å². The van der Waals surface area contributed by atoms with Gasteiger partial charge in [-0.05, 0) is 36.1 Å². The number of aromatic nitrogens is 2. The second kappa shape index (κ2) is 10.6. The second-order valence-corrected chi connectivity index (χ2v) is 12.0. The largest absolute Gasteiger partial charge is 0.510 e. The van der Waals surface area contributed by atoms with E-state index in [0.29, 0.717) is 21.6 Å². The minimum atomic E-state index is -1.68. The third-order valence-electron chi connectivity index (χ3n) is 8.43. The van der Waals surface area contributed by atoms with Crippen molar-refractivity contribution in [3.05, 3.63) is 92.9 Å². The fourth-order valence-corrected chi connectivity index (χ4v) is 7.26. The minimum Gasteiger partial charge on any atom is -0.451 e. The van der Waals surface area contributed by atoms with Crippen LogP contribution in [0.3, 0.4) is 0 Å². The Labute approximate surface area is 258 Å². The van der Waals surface area contributed by atoms with E-state index in [1.807, 2.05) is 18.2 Å². The number of ether oxygens (including phenoxy) is 3. The summed E-state index contributed by atoms with van der Waals surface area (Å²) < 4.78 is 62.8. The summed E-state index contributed by atoms with van der Waals surface area (Å²) in [6.07, 6.45) is -0.706. The Bertz CT molecular complexity index is 1930. The highest BCUT2D eigenvalue weighted by atomic mass is 32.1. The topological polar surface area (TPSA) is 103 Å². The summed E-state index contributed by atoms with van der Waals surface area (Å²) in [5.74, 6) is -3.17. The molecule has 0 N–H and O–H groups in total. The molecule has 3 unspecified atom stereocenters. The fraction of sp³-hybridized carbons (Fsp3) is 0.290. The first-order valence-corrected chi connectivity index (χ1v) is 14.9. The lowest BCUT2D eigenvalue weighted by atomic mass is 9.88. The highest BCUT2D eigenvalue weighted by Gasteiger charge is 2.50. The molecule has 3 atom stereocenters. The zero-order valence-corrected chi connectivity index (χ0v) is 24.8. The fourth-order valence-electron chi connectivity index (χ4n) is 6.42. The third-order valence-corrected chi connectivity index (χ3v) is 9.29. The smallest absolute Gasteiger partial charge is 0.451 e. The van der Waals surface area contributed by atoms with Crippen LogP contribution in [0, 0.1) is 11.6 Å². The molecule has 232 valence electrons. The molecular weight excluding hydrogens is 613 g/mol. The summed E-state index contributed by atoms with van der Waals surface area (Å²) in [5.41, 5.74) is 0.905. The predicted molar refractivity (Wildman–Crippen MR) is 156 cm³/mol. The highest BCUT2D eigenvalue weighted by molar-refractivity contribution is 7.13. The number of hydrogen-bond acceptors (Lipinski definition) is 9. The third kappa shape index (κ3) is 4.54. The molecule has 3 aliphatic rings. The lowest BCUT2D eigenvalue weighted by Crippen LogP contribution is -2.66. The normalized spacial score (nSPS) is 21.5. The van der Waals surface area contributed by atoms with E-state index in [9.17, 15) is 18.8 Å². The van der Waals surface area contributed by atoms with Gasteiger partial charge in [-0.2, -0.15) is 0 Å². The van der Waals surface area contributed by atoms with Gasteiger partial charge >= 0.3 is 6.16 Å². The summed E-state index contributed by atoms with van der Waals surface area (Å²) in [5, 5.41) is 1.70. The van der Waals surface area contributed by atoms with E-state index >= 15 is 8.78 Å². The lowest BCUT2D eigenvalue weighted by molar-refractivity contribution is 0.00306. The van der Waals surface area contributed by atoms with Crippen molar-refractivity contribution in [2.75, 3.05) is 25.5 Å². The second-order valence-electron chi connectivity index (χ2n) is 11.1. The molecule has 14 heteroatoms. The van der Waals surface area contributed by atoms with Gasteiger partial charge in [-0.25, -0.2) is 22.9 Å². The molecule has 4 aromatic rings. The van der Waals surface area contributed by atoms with Crippen molar-refractivity contribution in [3.8, 4) is 27.4 Å². The number of hydrogen-bond donors (Lipinski definition) is 0. The van der Waals surface area contributed by atoms with Gasteiger partial charge in [-0.1, -0.05) is 30.3 Å². The maximum absolute atomic E-state index is 15.9. The predicted octanol–water partition coefficient (Wildman–Crippen LogP) is 5.38. The summed E-state index contributed by atoms with van der Waals surface area (Å²) in [6, 6.07) is 10.0. The average Bonchev–Trinajstić information content (AvgIpc) is 3.46. The molecule has 10 nitrogen and oxygen atoms in total. The number of pyridine rings is 1. The van der Waals surface area contributed by atoms with Crippen LogP contribution in [0.5, 0.6) is 5.75 Å². The molecule has 0 spiro atoms. The first-order valence-electron chi connectivity index (χ1n) is 14.0. The summed E-state index contributed by atoms with van der Waals surface area (Å²) in [4.78, 5) is 45.3. The van der Waals surface area contributed by atoms with Crippen LogP contribution in [-0.4, -0.2) is 58.9 Å². The Morgan fingerprint density at radius 1 is 1.13 bits per heavy atom. The number of carbonyl (C=O) groups excluding carboxylic acids is 2. The molecule has 0 saturated carbocycles. The number of nitrogens with zero attached hydrogens (tertiary/aromatic N) is 4. The number of amides is 1. The number of halogens is 3. The zero-order chi connectivity index (χ0) is 31.6. The van der Waals surface area contributed by atoms with Crippen LogP contribution in [0.15, 0.2) is 59.0 Å². The van der Waals surface area contributed by atoms with Gasteiger partial charge in [-0.15, -0.1) is 11.3 Å². The van der Waals surface area contributed by atoms with E-state index < -0.39 is 59.5 Å². The van der Waals surface area contributed by atoms with Crippen LogP contribution >= 0.6 is 11.3 Å². The molecule has 2 aliphatic heterocycles. The average molecular weight is 639 g/mol. The van der Waals surface area contributed by atoms with Crippen LogP contribution in [0.25, 0.3) is 21.7 Å². The van der Waals surface area contributed by atoms with E-state index in [4.69, 9.17) is 9.47 Å². The van der Waals surface area contributed by atoms with Gasteiger partial charge in [0.1, 0.15) is 11.8 Å². The van der Waals surface area contributed by atoms with Crippen molar-refractivity contribution in [3.63, 3.8) is 0 Å². The van der Waals surface area contributed by atoms with Gasteiger partial charge in [0, 0.05) is 30.8 Å². The van der Waals surface area contributed by atoms with Gasteiger partial charge in [0.2, 0.25) is 18.0 Å². The van der Waals surface area contributed by atoms with Crippen molar-refractivity contribution in [2.45, 2.75) is 37.6 Å². The minimum absolute atomic E-state index is 0.00207. The number of methoxy groups -OCH3 is 1. The maximum Gasteiger partial charge on any atom is 0.510 e. The Morgan fingerprint density at radius 2 is 1.93 bits per heavy atom. The molecule has 1 aliphatic carbocycles. The molecule has 4 heterocycles. The van der Waals surface area contributed by atoms with Crippen LogP contribution in [0.1, 0.15) is 47.4 Å². The standard InChI is InChI=1S/C31H25F3N4O6S/c1-31(34)10-12-36-21(13-31)38(37-11-9-20(39)27(26(37)29(36)40)43-15-44-30(41)42-2)25-16-5-3-4-6-17(16)28-24(35-14-45-28)22-18(25)7-8-19(32)23(22)33/h3-9,11,14,21,25H,10,12-13,15H2,1-2H3. The SMILES string of the molecule is COC(=O)OCOc1c2n(ccc1=O)N(C1c3ccccc3-c3scnc3-c3c1ccc(F)c3F)C1CC(C)(F)CCN1C2=O. The molecule has 1 saturated heterocycles.